The van der Waals surface area contributed by atoms with E-state index < -0.39 is 5.97 Å². The topological polar surface area (TPSA) is 68.7 Å². The van der Waals surface area contributed by atoms with E-state index in [1.165, 1.54) is 11.8 Å². The third kappa shape index (κ3) is 4.41. The highest BCUT2D eigenvalue weighted by atomic mass is 32.2. The maximum atomic E-state index is 11.6. The standard InChI is InChI=1S/C21H19NO4S/c1-25-16-9-8-15(19(12-16)26-2)13-27-20-17(21(23)24)10-11-18(22-20)14-6-4-3-5-7-14/h3-12H,13H2,1-2H3,(H,23,24). The minimum atomic E-state index is -0.994. The molecule has 0 atom stereocenters. The Labute approximate surface area is 162 Å². The molecule has 6 heteroatoms. The van der Waals surface area contributed by atoms with Gasteiger partial charge < -0.3 is 14.6 Å². The molecule has 1 aromatic heterocycles. The van der Waals surface area contributed by atoms with E-state index in [0.717, 1.165) is 16.8 Å². The highest BCUT2D eigenvalue weighted by molar-refractivity contribution is 7.98. The summed E-state index contributed by atoms with van der Waals surface area (Å²) in [6, 6.07) is 18.6. The third-order valence-corrected chi connectivity index (χ3v) is 5.06. The van der Waals surface area contributed by atoms with Gasteiger partial charge in [0.05, 0.1) is 25.5 Å². The van der Waals surface area contributed by atoms with Gasteiger partial charge in [0.15, 0.2) is 0 Å². The minimum absolute atomic E-state index is 0.187. The maximum absolute atomic E-state index is 11.6. The molecule has 0 aliphatic rings. The number of thioether (sulfide) groups is 1. The van der Waals surface area contributed by atoms with Gasteiger partial charge >= 0.3 is 5.97 Å². The van der Waals surface area contributed by atoms with Gasteiger partial charge in [0.25, 0.3) is 0 Å². The lowest BCUT2D eigenvalue weighted by Crippen LogP contribution is -2.02. The summed E-state index contributed by atoms with van der Waals surface area (Å²) in [4.78, 5) is 16.2. The van der Waals surface area contributed by atoms with Crippen molar-refractivity contribution in [1.29, 1.82) is 0 Å². The van der Waals surface area contributed by atoms with Crippen LogP contribution < -0.4 is 9.47 Å². The molecule has 0 bridgehead atoms. The van der Waals surface area contributed by atoms with Crippen LogP contribution in [-0.4, -0.2) is 30.3 Å². The van der Waals surface area contributed by atoms with Crippen molar-refractivity contribution in [3.05, 3.63) is 71.8 Å². The Hall–Kier alpha value is -2.99. The van der Waals surface area contributed by atoms with Gasteiger partial charge in [-0.25, -0.2) is 9.78 Å². The number of nitrogens with zero attached hydrogens (tertiary/aromatic N) is 1. The number of methoxy groups -OCH3 is 2. The van der Waals surface area contributed by atoms with E-state index in [1.54, 1.807) is 26.4 Å². The molecular weight excluding hydrogens is 362 g/mol. The summed E-state index contributed by atoms with van der Waals surface area (Å²) >= 11 is 1.37. The lowest BCUT2D eigenvalue weighted by Gasteiger charge is -2.11. The average Bonchev–Trinajstić information content (AvgIpc) is 2.72. The van der Waals surface area contributed by atoms with E-state index in [4.69, 9.17) is 9.47 Å². The fourth-order valence-corrected chi connectivity index (χ4v) is 3.60. The Morgan fingerprint density at radius 1 is 1.04 bits per heavy atom. The lowest BCUT2D eigenvalue weighted by atomic mass is 10.1. The number of benzene rings is 2. The summed E-state index contributed by atoms with van der Waals surface area (Å²) in [5.74, 6) is 0.930. The number of aromatic carboxylic acids is 1. The van der Waals surface area contributed by atoms with Crippen molar-refractivity contribution in [1.82, 2.24) is 4.98 Å². The van der Waals surface area contributed by atoms with Crippen LogP contribution >= 0.6 is 11.8 Å². The summed E-state index contributed by atoms with van der Waals surface area (Å²) in [5, 5.41) is 9.97. The van der Waals surface area contributed by atoms with Crippen molar-refractivity contribution in [3.63, 3.8) is 0 Å². The van der Waals surface area contributed by atoms with Crippen LogP contribution in [0, 0.1) is 0 Å². The zero-order chi connectivity index (χ0) is 19.2. The van der Waals surface area contributed by atoms with Crippen molar-refractivity contribution in [3.8, 4) is 22.8 Å². The SMILES string of the molecule is COc1ccc(CSc2nc(-c3ccccc3)ccc2C(=O)O)c(OC)c1. The molecule has 2 aromatic carbocycles. The first-order valence-corrected chi connectivity index (χ1v) is 9.24. The number of ether oxygens (including phenoxy) is 2. The monoisotopic (exact) mass is 381 g/mol. The van der Waals surface area contributed by atoms with Gasteiger partial charge in [-0.2, -0.15) is 0 Å². The second kappa shape index (κ2) is 8.60. The van der Waals surface area contributed by atoms with Crippen LogP contribution in [0.25, 0.3) is 11.3 Å². The molecular formula is C21H19NO4S. The molecule has 5 nitrogen and oxygen atoms in total. The van der Waals surface area contributed by atoms with Gasteiger partial charge in [0, 0.05) is 22.9 Å². The Morgan fingerprint density at radius 3 is 2.48 bits per heavy atom. The number of hydrogen-bond donors (Lipinski definition) is 1. The smallest absolute Gasteiger partial charge is 0.338 e. The first-order chi connectivity index (χ1) is 13.1. The maximum Gasteiger partial charge on any atom is 0.338 e. The summed E-state index contributed by atoms with van der Waals surface area (Å²) in [5.41, 5.74) is 2.81. The Morgan fingerprint density at radius 2 is 1.81 bits per heavy atom. The molecule has 0 spiro atoms. The molecule has 0 saturated heterocycles. The number of carbonyl (C=O) groups is 1. The molecule has 1 heterocycles. The van der Waals surface area contributed by atoms with Crippen molar-refractivity contribution in [2.75, 3.05) is 14.2 Å². The zero-order valence-electron chi connectivity index (χ0n) is 15.0. The van der Waals surface area contributed by atoms with Gasteiger partial charge in [-0.15, -0.1) is 11.8 Å². The van der Waals surface area contributed by atoms with Crippen molar-refractivity contribution in [2.45, 2.75) is 10.8 Å². The molecule has 0 amide bonds. The number of rotatable bonds is 7. The second-order valence-corrected chi connectivity index (χ2v) is 6.65. The Kier molecular flexibility index (Phi) is 5.98. The molecule has 0 fully saturated rings. The first kappa shape index (κ1) is 18.8. The molecule has 0 aliphatic heterocycles. The highest BCUT2D eigenvalue weighted by Gasteiger charge is 2.15. The fourth-order valence-electron chi connectivity index (χ4n) is 2.60. The van der Waals surface area contributed by atoms with Gasteiger partial charge in [-0.05, 0) is 18.2 Å². The van der Waals surface area contributed by atoms with Crippen LogP contribution in [0.1, 0.15) is 15.9 Å². The molecule has 0 unspecified atom stereocenters. The van der Waals surface area contributed by atoms with Crippen LogP contribution in [0.5, 0.6) is 11.5 Å². The number of pyridine rings is 1. The summed E-state index contributed by atoms with van der Waals surface area (Å²) in [6.45, 7) is 0. The molecule has 3 rings (SSSR count). The van der Waals surface area contributed by atoms with Crippen LogP contribution in [0.2, 0.25) is 0 Å². The Balaban J connectivity index is 1.90. The predicted molar refractivity (Wildman–Crippen MR) is 106 cm³/mol. The number of hydrogen-bond acceptors (Lipinski definition) is 5. The molecule has 138 valence electrons. The summed E-state index contributed by atoms with van der Waals surface area (Å²) in [7, 11) is 3.20. The molecule has 27 heavy (non-hydrogen) atoms. The van der Waals surface area contributed by atoms with Gasteiger partial charge in [0.2, 0.25) is 0 Å². The van der Waals surface area contributed by atoms with Crippen molar-refractivity contribution >= 4 is 17.7 Å². The van der Waals surface area contributed by atoms with E-state index in [0.29, 0.717) is 22.3 Å². The normalized spacial score (nSPS) is 10.4. The van der Waals surface area contributed by atoms with Gasteiger partial charge in [0.1, 0.15) is 16.5 Å². The van der Waals surface area contributed by atoms with Crippen LogP contribution in [0.3, 0.4) is 0 Å². The summed E-state index contributed by atoms with van der Waals surface area (Å²) in [6.07, 6.45) is 0. The van der Waals surface area contributed by atoms with E-state index in [-0.39, 0.29) is 5.56 Å². The van der Waals surface area contributed by atoms with Crippen LogP contribution in [0.15, 0.2) is 65.7 Å². The summed E-state index contributed by atoms with van der Waals surface area (Å²) < 4.78 is 10.6. The second-order valence-electron chi connectivity index (χ2n) is 5.69. The molecule has 0 saturated carbocycles. The molecule has 0 radical (unpaired) electrons. The molecule has 3 aromatic rings. The van der Waals surface area contributed by atoms with Gasteiger partial charge in [-0.1, -0.05) is 36.4 Å². The highest BCUT2D eigenvalue weighted by Crippen LogP contribution is 2.32. The lowest BCUT2D eigenvalue weighted by molar-refractivity contribution is 0.0692. The number of aromatic nitrogens is 1. The van der Waals surface area contributed by atoms with E-state index >= 15 is 0 Å². The van der Waals surface area contributed by atoms with Crippen molar-refractivity contribution < 1.29 is 19.4 Å². The predicted octanol–water partition coefficient (Wildman–Crippen LogP) is 4.76. The van der Waals surface area contributed by atoms with Crippen LogP contribution in [0.4, 0.5) is 0 Å². The fraction of sp³-hybridized carbons (Fsp3) is 0.143. The van der Waals surface area contributed by atoms with E-state index in [2.05, 4.69) is 4.98 Å². The minimum Gasteiger partial charge on any atom is -0.497 e. The third-order valence-electron chi connectivity index (χ3n) is 4.02. The molecule has 1 N–H and O–H groups in total. The van der Waals surface area contributed by atoms with Gasteiger partial charge in [-0.3, -0.25) is 0 Å². The van der Waals surface area contributed by atoms with E-state index in [1.807, 2.05) is 48.5 Å². The number of carboxylic acids is 1. The Bertz CT molecular complexity index is 944. The molecule has 0 aliphatic carbocycles. The van der Waals surface area contributed by atoms with Crippen molar-refractivity contribution in [2.24, 2.45) is 0 Å². The van der Waals surface area contributed by atoms with Crippen LogP contribution in [-0.2, 0) is 5.75 Å². The zero-order valence-corrected chi connectivity index (χ0v) is 15.8. The van der Waals surface area contributed by atoms with E-state index in [9.17, 15) is 9.90 Å². The number of carboxylic acid groups (broad SMARTS) is 1. The average molecular weight is 381 g/mol. The largest absolute Gasteiger partial charge is 0.497 e. The quantitative estimate of drug-likeness (QED) is 0.595. The first-order valence-electron chi connectivity index (χ1n) is 8.26.